The fraction of sp³-hybridized carbons (Fsp3) is 0.590. The molecule has 4 aliphatic heterocycles. The van der Waals surface area contributed by atoms with Crippen molar-refractivity contribution in [2.45, 2.75) is 109 Å². The first-order valence-electron chi connectivity index (χ1n) is 19.0. The van der Waals surface area contributed by atoms with E-state index in [2.05, 4.69) is 14.9 Å². The molecule has 2 bridgehead atoms. The summed E-state index contributed by atoms with van der Waals surface area (Å²) >= 11 is 0. The molecule has 1 saturated carbocycles. The highest BCUT2D eigenvalue weighted by molar-refractivity contribution is 5.98. The number of rotatable bonds is 6. The van der Waals surface area contributed by atoms with Crippen molar-refractivity contribution < 1.29 is 45.3 Å². The van der Waals surface area contributed by atoms with Crippen LogP contribution in [0.25, 0.3) is 22.2 Å². The number of fused-ring (bicyclic) bond motifs is 5. The van der Waals surface area contributed by atoms with Crippen molar-refractivity contribution in [2.75, 3.05) is 43.4 Å². The molecule has 2 aromatic heterocycles. The van der Waals surface area contributed by atoms with E-state index in [4.69, 9.17) is 24.9 Å². The number of carbonyl (C=O) groups is 1. The summed E-state index contributed by atoms with van der Waals surface area (Å²) in [5, 5.41) is 0.0320. The van der Waals surface area contributed by atoms with Crippen molar-refractivity contribution in [3.8, 4) is 23.1 Å². The largest absolute Gasteiger partial charge is 0.472 e. The molecule has 8 rings (SSSR count). The monoisotopic (exact) mass is 789 g/mol. The molecule has 4 atom stereocenters. The van der Waals surface area contributed by atoms with Crippen LogP contribution in [0.3, 0.4) is 0 Å². The number of nitrogens with two attached hydrogens (primary N) is 1. The number of halogens is 6. The molecule has 0 radical (unpaired) electrons. The van der Waals surface area contributed by atoms with E-state index in [0.717, 1.165) is 31.4 Å². The summed E-state index contributed by atoms with van der Waals surface area (Å²) in [6.07, 6.45) is -1.39. The molecule has 4 fully saturated rings. The second-order valence-corrected chi connectivity index (χ2v) is 16.9. The number of hydrogen-bond donors (Lipinski definition) is 1. The molecule has 1 amide bonds. The summed E-state index contributed by atoms with van der Waals surface area (Å²) in [5.74, 6) is -2.50. The number of pyridine rings is 1. The molecule has 11 nitrogen and oxygen atoms in total. The Labute approximate surface area is 320 Å². The number of ether oxygens (including phenoxy) is 3. The van der Waals surface area contributed by atoms with Crippen LogP contribution in [-0.2, 0) is 10.9 Å². The van der Waals surface area contributed by atoms with Gasteiger partial charge in [0, 0.05) is 37.2 Å². The third-order valence-corrected chi connectivity index (χ3v) is 11.8. The topological polar surface area (TPSA) is 119 Å². The van der Waals surface area contributed by atoms with Crippen molar-refractivity contribution in [1.29, 1.82) is 0 Å². The van der Waals surface area contributed by atoms with E-state index in [0.29, 0.717) is 51.6 Å². The first kappa shape index (κ1) is 38.3. The smallest absolute Gasteiger partial charge is 0.417 e. The lowest BCUT2D eigenvalue weighted by Gasteiger charge is -2.48. The summed E-state index contributed by atoms with van der Waals surface area (Å²) in [5.41, 5.74) is 0.824. The highest BCUT2D eigenvalue weighted by atomic mass is 19.4. The SMILES string of the molecule is Cc1c(F)c(N)cc(-c2nc3c4c(nc(OCC5(CN6CCC(=CF)CC6)CC5)nc4c2F)N2C[C@H]4CC[C@@H]([C@H]2[C@H](C)O3)N4C(=O)OC(C)(C)C)c1C(F)(F)F. The van der Waals surface area contributed by atoms with Crippen LogP contribution in [0.15, 0.2) is 18.0 Å². The molecule has 302 valence electrons. The maximum Gasteiger partial charge on any atom is 0.417 e. The minimum Gasteiger partial charge on any atom is -0.472 e. The van der Waals surface area contributed by atoms with Gasteiger partial charge in [0.05, 0.1) is 42.3 Å². The summed E-state index contributed by atoms with van der Waals surface area (Å²) in [4.78, 5) is 33.2. The average molecular weight is 790 g/mol. The Kier molecular flexibility index (Phi) is 9.27. The number of nitrogens with zero attached hydrogens (tertiary/aromatic N) is 6. The fourth-order valence-corrected chi connectivity index (χ4v) is 8.96. The quantitative estimate of drug-likeness (QED) is 0.196. The number of benzene rings is 1. The maximum atomic E-state index is 17.1. The second kappa shape index (κ2) is 13.5. The second-order valence-electron chi connectivity index (χ2n) is 16.9. The molecule has 0 unspecified atom stereocenters. The molecule has 3 saturated heterocycles. The standard InChI is InChI=1S/C39H45F6N7O4/c1-19-27(39(43,44)45)23(14-24(46)28(19)41)30-29(42)31-26-33(49-35(48-31)54-18-38(10-11-38)17-50-12-8-21(15-40)9-13-50)51-16-22-6-7-25(32(51)20(2)55-34(26)47-30)52(22)36(53)56-37(3,4)5/h14-15,20,22,25,32H,6-13,16-18,46H2,1-5H3/t20-,22+,25-,32+/m0/s1. The Morgan fingerprint density at radius 2 is 1.80 bits per heavy atom. The van der Waals surface area contributed by atoms with Crippen LogP contribution in [0.1, 0.15) is 77.3 Å². The molecule has 3 aromatic rings. The highest BCUT2D eigenvalue weighted by Crippen LogP contribution is 2.50. The lowest BCUT2D eigenvalue weighted by atomic mass is 9.96. The number of alkyl halides is 3. The number of carbonyl (C=O) groups excluding carboxylic acids is 1. The van der Waals surface area contributed by atoms with E-state index in [1.54, 1.807) is 32.6 Å². The Balaban J connectivity index is 1.24. The van der Waals surface area contributed by atoms with Crippen molar-refractivity contribution in [3.05, 3.63) is 40.7 Å². The molecule has 17 heteroatoms. The van der Waals surface area contributed by atoms with Crippen LogP contribution < -0.4 is 20.1 Å². The highest BCUT2D eigenvalue weighted by Gasteiger charge is 2.54. The Hall–Kier alpha value is -4.54. The zero-order valence-corrected chi connectivity index (χ0v) is 31.9. The molecule has 2 N–H and O–H groups in total. The third-order valence-electron chi connectivity index (χ3n) is 11.8. The number of piperidine rings is 1. The van der Waals surface area contributed by atoms with Crippen LogP contribution in [0, 0.1) is 24.0 Å². The van der Waals surface area contributed by atoms with Gasteiger partial charge in [0.2, 0.25) is 5.88 Å². The van der Waals surface area contributed by atoms with Gasteiger partial charge in [-0.1, -0.05) is 0 Å². The van der Waals surface area contributed by atoms with Gasteiger partial charge in [0.15, 0.2) is 5.82 Å². The van der Waals surface area contributed by atoms with Crippen LogP contribution in [0.2, 0.25) is 0 Å². The van der Waals surface area contributed by atoms with Gasteiger partial charge in [-0.2, -0.15) is 23.1 Å². The van der Waals surface area contributed by atoms with Crippen LogP contribution in [0.4, 0.5) is 42.6 Å². The van der Waals surface area contributed by atoms with Crippen molar-refractivity contribution in [3.63, 3.8) is 0 Å². The van der Waals surface area contributed by atoms with Crippen LogP contribution >= 0.6 is 0 Å². The van der Waals surface area contributed by atoms with E-state index in [1.165, 1.54) is 0 Å². The third kappa shape index (κ3) is 6.72. The number of amides is 1. The van der Waals surface area contributed by atoms with Gasteiger partial charge in [-0.25, -0.2) is 22.9 Å². The summed E-state index contributed by atoms with van der Waals surface area (Å²) in [7, 11) is 0. The maximum absolute atomic E-state index is 17.1. The van der Waals surface area contributed by atoms with Crippen molar-refractivity contribution in [2.24, 2.45) is 5.41 Å². The molecule has 1 aliphatic carbocycles. The number of nitrogen functional groups attached to an aromatic ring is 1. The van der Waals surface area contributed by atoms with Gasteiger partial charge in [0.25, 0.3) is 0 Å². The number of piperazine rings is 1. The van der Waals surface area contributed by atoms with Crippen molar-refractivity contribution >= 4 is 28.5 Å². The van der Waals surface area contributed by atoms with E-state index >= 15 is 4.39 Å². The molecule has 6 heterocycles. The van der Waals surface area contributed by atoms with Gasteiger partial charge in [-0.15, -0.1) is 0 Å². The lowest BCUT2D eigenvalue weighted by molar-refractivity contribution is -0.137. The van der Waals surface area contributed by atoms with E-state index < -0.39 is 75.8 Å². The minimum atomic E-state index is -5.11. The zero-order valence-electron chi connectivity index (χ0n) is 31.9. The molecule has 0 spiro atoms. The minimum absolute atomic E-state index is 0.0320. The van der Waals surface area contributed by atoms with Crippen LogP contribution in [0.5, 0.6) is 11.9 Å². The number of aromatic nitrogens is 3. The Morgan fingerprint density at radius 3 is 2.45 bits per heavy atom. The van der Waals surface area contributed by atoms with Gasteiger partial charge < -0.3 is 29.7 Å². The van der Waals surface area contributed by atoms with E-state index in [-0.39, 0.29) is 53.2 Å². The summed E-state index contributed by atoms with van der Waals surface area (Å²) < 4.78 is 107. The molecular formula is C39H45F6N7O4. The van der Waals surface area contributed by atoms with Crippen molar-refractivity contribution in [1.82, 2.24) is 24.8 Å². The number of hydrogen-bond acceptors (Lipinski definition) is 10. The molecule has 1 aromatic carbocycles. The molecule has 56 heavy (non-hydrogen) atoms. The lowest BCUT2D eigenvalue weighted by Crippen LogP contribution is -2.65. The first-order chi connectivity index (χ1) is 26.4. The predicted octanol–water partition coefficient (Wildman–Crippen LogP) is 7.73. The van der Waals surface area contributed by atoms with Gasteiger partial charge in [-0.05, 0) is 90.3 Å². The number of anilines is 2. The predicted molar refractivity (Wildman–Crippen MR) is 195 cm³/mol. The van der Waals surface area contributed by atoms with E-state index in [1.807, 2.05) is 4.90 Å². The molecular weight excluding hydrogens is 744 g/mol. The summed E-state index contributed by atoms with van der Waals surface area (Å²) in [6.45, 7) is 10.6. The van der Waals surface area contributed by atoms with E-state index in [9.17, 15) is 26.7 Å². The van der Waals surface area contributed by atoms with Gasteiger partial charge in [0.1, 0.15) is 39.9 Å². The average Bonchev–Trinajstić information content (AvgIpc) is 3.84. The van der Waals surface area contributed by atoms with Crippen LogP contribution in [-0.4, -0.2) is 93.5 Å². The normalized spacial score (nSPS) is 24.4. The Morgan fingerprint density at radius 1 is 1.09 bits per heavy atom. The van der Waals surface area contributed by atoms with Gasteiger partial charge in [-0.3, -0.25) is 4.90 Å². The summed E-state index contributed by atoms with van der Waals surface area (Å²) in [6, 6.07) is -0.741. The molecule has 5 aliphatic rings. The first-order valence-corrected chi connectivity index (χ1v) is 19.0. The Bertz CT molecular complexity index is 2110. The fourth-order valence-electron chi connectivity index (χ4n) is 8.96. The number of likely N-dealkylation sites (tertiary alicyclic amines) is 1. The zero-order chi connectivity index (χ0) is 40.1. The van der Waals surface area contributed by atoms with Gasteiger partial charge >= 0.3 is 18.3 Å².